The van der Waals surface area contributed by atoms with Gasteiger partial charge in [-0.1, -0.05) is 42.1 Å². The maximum absolute atomic E-state index is 14.2. The number of hydrogen-bond acceptors (Lipinski definition) is 8. The molecule has 0 aliphatic carbocycles. The number of ether oxygens (including phenoxy) is 3. The highest BCUT2D eigenvalue weighted by Crippen LogP contribution is 2.39. The zero-order chi connectivity index (χ0) is 27.8. The van der Waals surface area contributed by atoms with Crippen molar-refractivity contribution in [2.45, 2.75) is 36.2 Å². The Morgan fingerprint density at radius 3 is 2.45 bits per heavy atom. The Bertz CT molecular complexity index is 1330. The van der Waals surface area contributed by atoms with Crippen molar-refractivity contribution in [3.8, 4) is 5.75 Å². The van der Waals surface area contributed by atoms with Crippen LogP contribution in [0.2, 0.25) is 0 Å². The van der Waals surface area contributed by atoms with E-state index < -0.39 is 58.4 Å². The molecule has 202 valence electrons. The van der Waals surface area contributed by atoms with E-state index in [0.717, 1.165) is 6.07 Å². The predicted octanol–water partition coefficient (Wildman–Crippen LogP) is 5.54. The summed E-state index contributed by atoms with van der Waals surface area (Å²) in [6.45, 7) is 1.63. The summed E-state index contributed by atoms with van der Waals surface area (Å²) in [5.41, 5.74) is 0.0693. The van der Waals surface area contributed by atoms with Crippen LogP contribution in [-0.4, -0.2) is 47.0 Å². The van der Waals surface area contributed by atoms with Gasteiger partial charge in [-0.2, -0.15) is 0 Å². The number of halogens is 4. The maximum atomic E-state index is 14.2. The van der Waals surface area contributed by atoms with Gasteiger partial charge in [0.25, 0.3) is 0 Å². The smallest absolute Gasteiger partial charge is 0.408 e. The van der Waals surface area contributed by atoms with Crippen LogP contribution in [0.5, 0.6) is 5.75 Å². The van der Waals surface area contributed by atoms with E-state index in [9.17, 15) is 27.6 Å². The van der Waals surface area contributed by atoms with Gasteiger partial charge in [-0.3, -0.25) is 0 Å². The van der Waals surface area contributed by atoms with Gasteiger partial charge in [0.05, 0.1) is 12.1 Å². The van der Waals surface area contributed by atoms with E-state index >= 15 is 0 Å². The van der Waals surface area contributed by atoms with Crippen LogP contribution in [0.15, 0.2) is 47.5 Å². The van der Waals surface area contributed by atoms with Crippen molar-refractivity contribution >= 4 is 52.3 Å². The third-order valence-corrected chi connectivity index (χ3v) is 6.17. The fourth-order valence-corrected chi connectivity index (χ4v) is 4.13. The van der Waals surface area contributed by atoms with Crippen LogP contribution < -0.4 is 10.1 Å². The first-order valence-electron chi connectivity index (χ1n) is 11.2. The fraction of sp³-hybridized carbons (Fsp3) is 0.280. The van der Waals surface area contributed by atoms with Crippen molar-refractivity contribution in [1.82, 2.24) is 10.3 Å². The van der Waals surface area contributed by atoms with Crippen LogP contribution in [0, 0.1) is 11.6 Å². The maximum Gasteiger partial charge on any atom is 0.408 e. The van der Waals surface area contributed by atoms with Crippen molar-refractivity contribution < 1.29 is 41.8 Å². The number of alkyl carbamates (subject to hydrolysis) is 1. The molecule has 8 nitrogen and oxygen atoms in total. The van der Waals surface area contributed by atoms with Crippen molar-refractivity contribution in [2.75, 3.05) is 13.3 Å². The number of hydrogen-bond donors (Lipinski definition) is 1. The predicted molar refractivity (Wildman–Crippen MR) is 134 cm³/mol. The molecule has 2 aromatic carbocycles. The summed E-state index contributed by atoms with van der Waals surface area (Å²) in [5.74, 6) is -5.18. The molecule has 0 bridgehead atoms. The van der Waals surface area contributed by atoms with E-state index in [-0.39, 0.29) is 29.1 Å². The van der Waals surface area contributed by atoms with Crippen LogP contribution in [0.4, 0.5) is 18.0 Å². The molecule has 0 radical (unpaired) electrons. The summed E-state index contributed by atoms with van der Waals surface area (Å²) in [7, 11) is 0. The van der Waals surface area contributed by atoms with Crippen molar-refractivity contribution in [2.24, 2.45) is 0 Å². The first kappa shape index (κ1) is 29.1. The molecule has 1 heterocycles. The standard InChI is InChI=1S/C25H22ClF3N2O6S/c1-3-35-24(33)20-21(15-9-16(28)17(29)10-18(15)31-22(20)38-19(26)11-27)37-23(32)13(2)30-25(34)36-12-14-7-5-4-6-8-14/h4-10,13,19H,3,11-12H2,1-2H3,(H,30,34)/t13-,19-/m0/s1. The number of thioether (sulfide) groups is 1. The van der Waals surface area contributed by atoms with E-state index in [1.165, 1.54) is 13.8 Å². The molecule has 0 fully saturated rings. The molecule has 2 atom stereocenters. The van der Waals surface area contributed by atoms with Gasteiger partial charge < -0.3 is 19.5 Å². The number of rotatable bonds is 10. The van der Waals surface area contributed by atoms with E-state index in [2.05, 4.69) is 10.3 Å². The van der Waals surface area contributed by atoms with E-state index in [4.69, 9.17) is 25.8 Å². The van der Waals surface area contributed by atoms with Crippen molar-refractivity contribution in [3.63, 3.8) is 0 Å². The number of nitrogens with zero attached hydrogens (tertiary/aromatic N) is 1. The second-order valence-electron chi connectivity index (χ2n) is 7.66. The molecule has 1 N–H and O–H groups in total. The number of fused-ring (bicyclic) bond motifs is 1. The summed E-state index contributed by atoms with van der Waals surface area (Å²) in [4.78, 5) is 42.0. The second-order valence-corrected chi connectivity index (χ2v) is 9.63. The Morgan fingerprint density at radius 2 is 1.79 bits per heavy atom. The Balaban J connectivity index is 1.94. The summed E-state index contributed by atoms with van der Waals surface area (Å²) < 4.78 is 55.6. The summed E-state index contributed by atoms with van der Waals surface area (Å²) >= 11 is 6.49. The van der Waals surface area contributed by atoms with Crippen LogP contribution in [0.1, 0.15) is 29.8 Å². The van der Waals surface area contributed by atoms with Crippen LogP contribution >= 0.6 is 23.4 Å². The number of amides is 1. The monoisotopic (exact) mass is 570 g/mol. The Labute approximate surface area is 224 Å². The number of benzene rings is 2. The number of carbonyl (C=O) groups is 3. The highest BCUT2D eigenvalue weighted by Gasteiger charge is 2.30. The molecule has 0 aliphatic heterocycles. The quantitative estimate of drug-likeness (QED) is 0.193. The first-order valence-corrected chi connectivity index (χ1v) is 12.5. The molecule has 1 aromatic heterocycles. The lowest BCUT2D eigenvalue weighted by atomic mass is 10.1. The molecular formula is C25H22ClF3N2O6S. The Hall–Kier alpha value is -3.51. The molecule has 13 heteroatoms. The molecule has 0 unspecified atom stereocenters. The van der Waals surface area contributed by atoms with E-state index in [1.807, 2.05) is 0 Å². The summed E-state index contributed by atoms with van der Waals surface area (Å²) in [5, 5.41) is 1.82. The minimum Gasteiger partial charge on any atom is -0.462 e. The number of alkyl halides is 2. The SMILES string of the molecule is CCOC(=O)c1c(S[C@H](Cl)CF)nc2cc(F)c(F)cc2c1OC(=O)[C@H](C)NC(=O)OCc1ccccc1. The fourth-order valence-electron chi connectivity index (χ4n) is 3.12. The minimum absolute atomic E-state index is 0.0595. The molecule has 0 spiro atoms. The average Bonchev–Trinajstić information content (AvgIpc) is 2.89. The number of pyridine rings is 1. The van der Waals surface area contributed by atoms with Gasteiger partial charge in [0, 0.05) is 11.5 Å². The molecular weight excluding hydrogens is 549 g/mol. The lowest BCUT2D eigenvalue weighted by Crippen LogP contribution is -2.41. The van der Waals surface area contributed by atoms with Gasteiger partial charge in [0.2, 0.25) is 0 Å². The third kappa shape index (κ3) is 7.29. The molecule has 3 rings (SSSR count). The van der Waals surface area contributed by atoms with Crippen molar-refractivity contribution in [1.29, 1.82) is 0 Å². The van der Waals surface area contributed by atoms with Gasteiger partial charge in [-0.25, -0.2) is 32.5 Å². The van der Waals surface area contributed by atoms with Gasteiger partial charge in [0.1, 0.15) is 34.6 Å². The first-order chi connectivity index (χ1) is 18.1. The third-order valence-electron chi connectivity index (χ3n) is 4.89. The topological polar surface area (TPSA) is 104 Å². The number of carbonyl (C=O) groups excluding carboxylic acids is 3. The van der Waals surface area contributed by atoms with Gasteiger partial charge in [-0.15, -0.1) is 11.6 Å². The number of aromatic nitrogens is 1. The molecule has 3 aromatic rings. The summed E-state index contributed by atoms with van der Waals surface area (Å²) in [6.07, 6.45) is -0.930. The van der Waals surface area contributed by atoms with Gasteiger partial charge >= 0.3 is 18.0 Å². The molecule has 0 saturated carbocycles. The minimum atomic E-state index is -1.30. The van der Waals surface area contributed by atoms with Crippen LogP contribution in [0.3, 0.4) is 0 Å². The normalized spacial score (nSPS) is 12.5. The highest BCUT2D eigenvalue weighted by molar-refractivity contribution is 8.01. The summed E-state index contributed by atoms with van der Waals surface area (Å²) in [6, 6.07) is 8.91. The number of nitrogens with one attached hydrogen (secondary N) is 1. The largest absolute Gasteiger partial charge is 0.462 e. The Kier molecular flexibility index (Phi) is 10.2. The lowest BCUT2D eigenvalue weighted by molar-refractivity contribution is -0.136. The zero-order valence-electron chi connectivity index (χ0n) is 20.1. The molecule has 38 heavy (non-hydrogen) atoms. The molecule has 0 aliphatic rings. The number of esters is 2. The highest BCUT2D eigenvalue weighted by atomic mass is 35.5. The Morgan fingerprint density at radius 1 is 1.11 bits per heavy atom. The van der Waals surface area contributed by atoms with E-state index in [0.29, 0.717) is 23.4 Å². The van der Waals surface area contributed by atoms with Crippen molar-refractivity contribution in [3.05, 3.63) is 65.2 Å². The van der Waals surface area contributed by atoms with E-state index in [1.54, 1.807) is 30.3 Å². The molecule has 1 amide bonds. The average molecular weight is 571 g/mol. The molecule has 0 saturated heterocycles. The van der Waals surface area contributed by atoms with Crippen LogP contribution in [0.25, 0.3) is 10.9 Å². The lowest BCUT2D eigenvalue weighted by Gasteiger charge is -2.18. The van der Waals surface area contributed by atoms with Gasteiger partial charge in [-0.05, 0) is 25.5 Å². The van der Waals surface area contributed by atoms with Gasteiger partial charge in [0.15, 0.2) is 17.4 Å². The second kappa shape index (κ2) is 13.3. The zero-order valence-corrected chi connectivity index (χ0v) is 21.7. The van der Waals surface area contributed by atoms with Crippen LogP contribution in [-0.2, 0) is 20.9 Å².